The Morgan fingerprint density at radius 3 is 2.50 bits per heavy atom. The van der Waals surface area contributed by atoms with Gasteiger partial charge in [0.1, 0.15) is 6.61 Å². The van der Waals surface area contributed by atoms with Crippen molar-refractivity contribution in [1.82, 2.24) is 5.32 Å². The van der Waals surface area contributed by atoms with E-state index in [4.69, 9.17) is 4.74 Å². The molecule has 2 N–H and O–H groups in total. The number of anilines is 1. The molecule has 0 unspecified atom stereocenters. The normalized spacial score (nSPS) is 10.2. The fraction of sp³-hybridized carbons (Fsp3) is 0.250. The van der Waals surface area contributed by atoms with E-state index in [0.29, 0.717) is 16.8 Å². The van der Waals surface area contributed by atoms with Gasteiger partial charge in [0.2, 0.25) is 0 Å². The first-order valence-corrected chi connectivity index (χ1v) is 9.63. The van der Waals surface area contributed by atoms with Gasteiger partial charge in [-0.1, -0.05) is 46.3 Å². The first-order valence-electron chi connectivity index (χ1n) is 8.50. The molecule has 0 saturated heterocycles. The molecule has 0 fully saturated rings. The number of halogens is 1. The van der Waals surface area contributed by atoms with Crippen LogP contribution >= 0.6 is 15.9 Å². The molecule has 28 heavy (non-hydrogen) atoms. The second kappa shape index (κ2) is 11.2. The standard InChI is InChI=1S/C20H21BrN2O5/c1-27-20(26)23-16-7-8-17(18(24)10-21)15(9-16)11-22-12-19(25)28-13-14-5-3-2-4-6-14/h2-9,22H,10-13H2,1H3,(H,23,26). The Morgan fingerprint density at radius 1 is 1.07 bits per heavy atom. The smallest absolute Gasteiger partial charge is 0.411 e. The number of benzene rings is 2. The van der Waals surface area contributed by atoms with Crippen LogP contribution in [0.1, 0.15) is 21.5 Å². The number of hydrogen-bond acceptors (Lipinski definition) is 6. The SMILES string of the molecule is COC(=O)Nc1ccc(C(=O)CBr)c(CNCC(=O)OCc2ccccc2)c1. The van der Waals surface area contributed by atoms with E-state index >= 15 is 0 Å². The third-order valence-electron chi connectivity index (χ3n) is 3.79. The molecular formula is C20H21BrN2O5. The molecule has 8 heteroatoms. The molecule has 0 spiro atoms. The van der Waals surface area contributed by atoms with E-state index in [0.717, 1.165) is 5.56 Å². The van der Waals surface area contributed by atoms with Crippen LogP contribution in [0.4, 0.5) is 10.5 Å². The van der Waals surface area contributed by atoms with E-state index in [1.54, 1.807) is 18.2 Å². The predicted molar refractivity (Wildman–Crippen MR) is 109 cm³/mol. The number of esters is 1. The van der Waals surface area contributed by atoms with Gasteiger partial charge in [0, 0.05) is 17.8 Å². The second-order valence-electron chi connectivity index (χ2n) is 5.80. The molecule has 0 aliphatic heterocycles. The number of carbonyl (C=O) groups excluding carboxylic acids is 3. The molecule has 2 aromatic rings. The third kappa shape index (κ3) is 6.79. The summed E-state index contributed by atoms with van der Waals surface area (Å²) in [4.78, 5) is 35.4. The van der Waals surface area contributed by atoms with Crippen molar-refractivity contribution in [1.29, 1.82) is 0 Å². The molecule has 0 bridgehead atoms. The molecule has 0 saturated carbocycles. The summed E-state index contributed by atoms with van der Waals surface area (Å²) in [7, 11) is 1.27. The third-order valence-corrected chi connectivity index (χ3v) is 4.30. The highest BCUT2D eigenvalue weighted by atomic mass is 79.9. The van der Waals surface area contributed by atoms with Crippen molar-refractivity contribution in [2.24, 2.45) is 0 Å². The highest BCUT2D eigenvalue weighted by Crippen LogP contribution is 2.18. The highest BCUT2D eigenvalue weighted by molar-refractivity contribution is 9.09. The first-order chi connectivity index (χ1) is 13.5. The van der Waals surface area contributed by atoms with Crippen molar-refractivity contribution >= 4 is 39.5 Å². The number of rotatable bonds is 9. The van der Waals surface area contributed by atoms with Crippen molar-refractivity contribution < 1.29 is 23.9 Å². The van der Waals surface area contributed by atoms with E-state index in [1.807, 2.05) is 30.3 Å². The Hall–Kier alpha value is -2.71. The molecule has 0 aliphatic carbocycles. The number of nitrogens with one attached hydrogen (secondary N) is 2. The first kappa shape index (κ1) is 21.6. The Morgan fingerprint density at radius 2 is 1.82 bits per heavy atom. The predicted octanol–water partition coefficient (Wildman–Crippen LogP) is 3.28. The van der Waals surface area contributed by atoms with Crippen LogP contribution in [0.3, 0.4) is 0 Å². The molecule has 0 aromatic heterocycles. The summed E-state index contributed by atoms with van der Waals surface area (Å²) in [5.41, 5.74) is 2.54. The van der Waals surface area contributed by atoms with E-state index in [-0.39, 0.29) is 30.8 Å². The molecule has 0 atom stereocenters. The fourth-order valence-corrected chi connectivity index (χ4v) is 2.72. The Balaban J connectivity index is 1.94. The van der Waals surface area contributed by atoms with Gasteiger partial charge in [-0.15, -0.1) is 0 Å². The van der Waals surface area contributed by atoms with Gasteiger partial charge in [0.15, 0.2) is 5.78 Å². The molecule has 7 nitrogen and oxygen atoms in total. The molecule has 2 rings (SSSR count). The number of amides is 1. The number of hydrogen-bond donors (Lipinski definition) is 2. The zero-order chi connectivity index (χ0) is 20.4. The van der Waals surface area contributed by atoms with Crippen molar-refractivity contribution in [3.05, 3.63) is 65.2 Å². The fourth-order valence-electron chi connectivity index (χ4n) is 2.42. The molecular weight excluding hydrogens is 428 g/mol. The van der Waals surface area contributed by atoms with Crippen LogP contribution in [0.25, 0.3) is 0 Å². The van der Waals surface area contributed by atoms with Crippen LogP contribution in [-0.2, 0) is 27.4 Å². The van der Waals surface area contributed by atoms with Gasteiger partial charge < -0.3 is 14.8 Å². The van der Waals surface area contributed by atoms with Crippen LogP contribution in [0.2, 0.25) is 0 Å². The number of alkyl halides is 1. The van der Waals surface area contributed by atoms with E-state index in [2.05, 4.69) is 31.3 Å². The summed E-state index contributed by atoms with van der Waals surface area (Å²) in [6.45, 7) is 0.446. The van der Waals surface area contributed by atoms with E-state index in [9.17, 15) is 14.4 Å². The van der Waals surface area contributed by atoms with Gasteiger partial charge >= 0.3 is 12.1 Å². The Bertz CT molecular complexity index is 827. The Kier molecular flexibility index (Phi) is 8.64. The lowest BCUT2D eigenvalue weighted by Gasteiger charge is -2.12. The molecule has 148 valence electrons. The maximum absolute atomic E-state index is 12.1. The zero-order valence-electron chi connectivity index (χ0n) is 15.4. The van der Waals surface area contributed by atoms with Gasteiger partial charge in [-0.3, -0.25) is 14.9 Å². The topological polar surface area (TPSA) is 93.7 Å². The van der Waals surface area contributed by atoms with Crippen LogP contribution in [0.5, 0.6) is 0 Å². The van der Waals surface area contributed by atoms with Crippen molar-refractivity contribution in [2.45, 2.75) is 13.2 Å². The van der Waals surface area contributed by atoms with E-state index < -0.39 is 12.1 Å². The molecule has 1 amide bonds. The molecule has 2 aromatic carbocycles. The summed E-state index contributed by atoms with van der Waals surface area (Å²) in [6, 6.07) is 14.3. The lowest BCUT2D eigenvalue weighted by Crippen LogP contribution is -2.25. The largest absolute Gasteiger partial charge is 0.460 e. The van der Waals surface area contributed by atoms with Gasteiger partial charge in [-0.25, -0.2) is 4.79 Å². The minimum absolute atomic E-state index is 0.0105. The van der Waals surface area contributed by atoms with Crippen molar-refractivity contribution in [2.75, 3.05) is 24.3 Å². The summed E-state index contributed by atoms with van der Waals surface area (Å²) in [6.07, 6.45) is -0.608. The Labute approximate surface area is 171 Å². The average molecular weight is 449 g/mol. The van der Waals surface area contributed by atoms with Gasteiger partial charge in [0.05, 0.1) is 19.0 Å². The van der Waals surface area contributed by atoms with E-state index in [1.165, 1.54) is 7.11 Å². The monoisotopic (exact) mass is 448 g/mol. The van der Waals surface area contributed by atoms with Crippen LogP contribution in [-0.4, -0.2) is 36.8 Å². The minimum atomic E-state index is -0.608. The van der Waals surface area contributed by atoms with Crippen molar-refractivity contribution in [3.8, 4) is 0 Å². The molecule has 0 aliphatic rings. The number of carbonyl (C=O) groups is 3. The molecule has 0 radical (unpaired) electrons. The second-order valence-corrected chi connectivity index (χ2v) is 6.36. The quantitative estimate of drug-likeness (QED) is 0.347. The van der Waals surface area contributed by atoms with Crippen LogP contribution < -0.4 is 10.6 Å². The average Bonchev–Trinajstić information content (AvgIpc) is 2.72. The van der Waals surface area contributed by atoms with Gasteiger partial charge in [0.25, 0.3) is 0 Å². The zero-order valence-corrected chi connectivity index (χ0v) is 17.0. The summed E-state index contributed by atoms with van der Waals surface area (Å²) in [5, 5.41) is 5.69. The van der Waals surface area contributed by atoms with Gasteiger partial charge in [-0.2, -0.15) is 0 Å². The lowest BCUT2D eigenvalue weighted by molar-refractivity contribution is -0.143. The summed E-state index contributed by atoms with van der Waals surface area (Å²) >= 11 is 3.16. The lowest BCUT2D eigenvalue weighted by atomic mass is 10.0. The maximum Gasteiger partial charge on any atom is 0.411 e. The number of ketones is 1. The van der Waals surface area contributed by atoms with Gasteiger partial charge in [-0.05, 0) is 29.3 Å². The summed E-state index contributed by atoms with van der Waals surface area (Å²) < 4.78 is 9.77. The molecule has 0 heterocycles. The highest BCUT2D eigenvalue weighted by Gasteiger charge is 2.13. The number of methoxy groups -OCH3 is 1. The maximum atomic E-state index is 12.1. The number of Topliss-reactive ketones (excluding diaryl/α,β-unsaturated/α-hetero) is 1. The van der Waals surface area contributed by atoms with Crippen LogP contribution in [0, 0.1) is 0 Å². The van der Waals surface area contributed by atoms with Crippen molar-refractivity contribution in [3.63, 3.8) is 0 Å². The van der Waals surface area contributed by atoms with Crippen LogP contribution in [0.15, 0.2) is 48.5 Å². The number of ether oxygens (including phenoxy) is 2. The summed E-state index contributed by atoms with van der Waals surface area (Å²) in [5.74, 6) is -0.505. The minimum Gasteiger partial charge on any atom is -0.460 e.